The van der Waals surface area contributed by atoms with Crippen molar-refractivity contribution in [3.63, 3.8) is 0 Å². The lowest BCUT2D eigenvalue weighted by molar-refractivity contribution is -0.130. The lowest BCUT2D eigenvalue weighted by Gasteiger charge is -2.27. The fourth-order valence-electron chi connectivity index (χ4n) is 3.26. The third kappa shape index (κ3) is 5.96. The zero-order chi connectivity index (χ0) is 25.0. The Morgan fingerprint density at radius 1 is 1.09 bits per heavy atom. The average molecular weight is 493 g/mol. The maximum Gasteiger partial charge on any atom is 0.284 e. The first kappa shape index (κ1) is 24.2. The van der Waals surface area contributed by atoms with Gasteiger partial charge in [0, 0.05) is 5.56 Å². The van der Waals surface area contributed by atoms with Crippen LogP contribution in [0, 0.1) is 0 Å². The van der Waals surface area contributed by atoms with Crippen LogP contribution in [0.25, 0.3) is 0 Å². The molecule has 0 spiro atoms. The molecule has 4 rings (SSSR count). The zero-order valence-electron chi connectivity index (χ0n) is 19.5. The Labute approximate surface area is 208 Å². The number of ether oxygens (including phenoxy) is 2. The summed E-state index contributed by atoms with van der Waals surface area (Å²) in [7, 11) is 0. The normalized spacial score (nSPS) is 15.5. The van der Waals surface area contributed by atoms with Gasteiger partial charge in [0.1, 0.15) is 18.0 Å². The standard InChI is InChI=1S/C26H25ClN4O4/c1-26(2,3)17-8-11-22-23(13-17)35-24(15-34-22)25(33)31-28-14-16-12-18(9-10-21(16)32)29-30-20-7-5-4-6-19(20)27/h4-14,24,32H,15H2,1-3H3,(H,31,33). The number of fused-ring (bicyclic) bond motifs is 1. The van der Waals surface area contributed by atoms with E-state index in [2.05, 4.69) is 41.5 Å². The lowest BCUT2D eigenvalue weighted by Crippen LogP contribution is -2.42. The van der Waals surface area contributed by atoms with Crippen LogP contribution in [0.3, 0.4) is 0 Å². The van der Waals surface area contributed by atoms with Crippen molar-refractivity contribution in [1.82, 2.24) is 5.43 Å². The average Bonchev–Trinajstić information content (AvgIpc) is 2.83. The fourth-order valence-corrected chi connectivity index (χ4v) is 3.43. The van der Waals surface area contributed by atoms with Gasteiger partial charge in [-0.25, -0.2) is 5.43 Å². The number of phenolic OH excluding ortho intramolecular Hbond substituents is 1. The highest BCUT2D eigenvalue weighted by molar-refractivity contribution is 6.32. The van der Waals surface area contributed by atoms with E-state index in [-0.39, 0.29) is 17.8 Å². The first-order chi connectivity index (χ1) is 16.7. The minimum atomic E-state index is -0.862. The Kier molecular flexibility index (Phi) is 7.02. The zero-order valence-corrected chi connectivity index (χ0v) is 20.3. The third-order valence-electron chi connectivity index (χ3n) is 5.28. The molecule has 35 heavy (non-hydrogen) atoms. The van der Waals surface area contributed by atoms with Crippen LogP contribution >= 0.6 is 11.6 Å². The van der Waals surface area contributed by atoms with Crippen molar-refractivity contribution >= 4 is 35.1 Å². The second-order valence-electron chi connectivity index (χ2n) is 8.96. The van der Waals surface area contributed by atoms with Gasteiger partial charge in [0.25, 0.3) is 5.91 Å². The van der Waals surface area contributed by atoms with Crippen LogP contribution in [-0.2, 0) is 10.2 Å². The molecule has 0 aromatic heterocycles. The number of hydrazone groups is 1. The van der Waals surface area contributed by atoms with Crippen molar-refractivity contribution in [1.29, 1.82) is 0 Å². The number of hydrogen-bond donors (Lipinski definition) is 2. The highest BCUT2D eigenvalue weighted by Crippen LogP contribution is 2.36. The van der Waals surface area contributed by atoms with Gasteiger partial charge in [0.05, 0.1) is 16.9 Å². The number of nitrogens with zero attached hydrogens (tertiary/aromatic N) is 3. The summed E-state index contributed by atoms with van der Waals surface area (Å²) in [6, 6.07) is 17.4. The minimum Gasteiger partial charge on any atom is -0.507 e. The number of benzene rings is 3. The molecule has 1 amide bonds. The number of phenols is 1. The summed E-state index contributed by atoms with van der Waals surface area (Å²) in [6.07, 6.45) is 0.455. The van der Waals surface area contributed by atoms with E-state index in [0.717, 1.165) is 5.56 Å². The van der Waals surface area contributed by atoms with Gasteiger partial charge in [-0.2, -0.15) is 10.2 Å². The fraction of sp³-hybridized carbons (Fsp3) is 0.231. The van der Waals surface area contributed by atoms with Crippen molar-refractivity contribution in [2.75, 3.05) is 6.61 Å². The number of azo groups is 1. The number of halogens is 1. The van der Waals surface area contributed by atoms with Crippen molar-refractivity contribution in [2.45, 2.75) is 32.3 Å². The van der Waals surface area contributed by atoms with Crippen LogP contribution < -0.4 is 14.9 Å². The highest BCUT2D eigenvalue weighted by Gasteiger charge is 2.28. The highest BCUT2D eigenvalue weighted by atomic mass is 35.5. The predicted octanol–water partition coefficient (Wildman–Crippen LogP) is 6.05. The molecule has 0 radical (unpaired) electrons. The Morgan fingerprint density at radius 2 is 1.89 bits per heavy atom. The maximum absolute atomic E-state index is 12.6. The molecule has 3 aromatic rings. The van der Waals surface area contributed by atoms with Gasteiger partial charge < -0.3 is 14.6 Å². The van der Waals surface area contributed by atoms with Gasteiger partial charge in [-0.15, -0.1) is 5.11 Å². The molecule has 0 aliphatic carbocycles. The van der Waals surface area contributed by atoms with E-state index < -0.39 is 12.0 Å². The van der Waals surface area contributed by atoms with Gasteiger partial charge in [-0.1, -0.05) is 50.6 Å². The van der Waals surface area contributed by atoms with E-state index in [9.17, 15) is 9.90 Å². The van der Waals surface area contributed by atoms with Crippen LogP contribution in [0.15, 0.2) is 76.0 Å². The van der Waals surface area contributed by atoms with Crippen molar-refractivity contribution in [3.05, 3.63) is 76.8 Å². The first-order valence-corrected chi connectivity index (χ1v) is 11.3. The van der Waals surface area contributed by atoms with Gasteiger partial charge in [0.15, 0.2) is 11.5 Å². The summed E-state index contributed by atoms with van der Waals surface area (Å²) < 4.78 is 11.5. The second kappa shape index (κ2) is 10.1. The van der Waals surface area contributed by atoms with Gasteiger partial charge in [-0.3, -0.25) is 4.79 Å². The Morgan fingerprint density at radius 3 is 2.66 bits per heavy atom. The van der Waals surface area contributed by atoms with E-state index in [4.69, 9.17) is 21.1 Å². The third-order valence-corrected chi connectivity index (χ3v) is 5.60. The molecular formula is C26H25ClN4O4. The van der Waals surface area contributed by atoms with Gasteiger partial charge >= 0.3 is 0 Å². The summed E-state index contributed by atoms with van der Waals surface area (Å²) >= 11 is 6.09. The molecule has 0 fully saturated rings. The topological polar surface area (TPSA) is 105 Å². The Balaban J connectivity index is 1.41. The van der Waals surface area contributed by atoms with Crippen LogP contribution in [0.2, 0.25) is 5.02 Å². The van der Waals surface area contributed by atoms with E-state index in [1.807, 2.05) is 18.2 Å². The van der Waals surface area contributed by atoms with E-state index in [1.54, 1.807) is 36.4 Å². The number of nitrogens with one attached hydrogen (secondary N) is 1. The molecule has 9 heteroatoms. The van der Waals surface area contributed by atoms with Crippen LogP contribution in [-0.4, -0.2) is 29.9 Å². The molecule has 8 nitrogen and oxygen atoms in total. The molecule has 1 atom stereocenters. The van der Waals surface area contributed by atoms with Crippen molar-refractivity contribution in [3.8, 4) is 17.2 Å². The van der Waals surface area contributed by atoms with Crippen LogP contribution in [0.1, 0.15) is 31.9 Å². The second-order valence-corrected chi connectivity index (χ2v) is 9.36. The summed E-state index contributed by atoms with van der Waals surface area (Å²) in [6.45, 7) is 6.35. The molecular weight excluding hydrogens is 468 g/mol. The number of rotatable bonds is 5. The number of amides is 1. The number of hydrogen-bond acceptors (Lipinski definition) is 7. The maximum atomic E-state index is 12.6. The monoisotopic (exact) mass is 492 g/mol. The SMILES string of the molecule is CC(C)(C)c1ccc2c(c1)OC(C(=O)NN=Cc1cc(N=Nc3ccccc3Cl)ccc1O)CO2. The largest absolute Gasteiger partial charge is 0.507 e. The molecule has 0 saturated carbocycles. The summed E-state index contributed by atoms with van der Waals surface area (Å²) in [5.74, 6) is 0.614. The molecule has 1 aliphatic rings. The van der Waals surface area contributed by atoms with E-state index in [0.29, 0.717) is 33.5 Å². The molecule has 3 aromatic carbocycles. The summed E-state index contributed by atoms with van der Waals surface area (Å²) in [5.41, 5.74) is 4.78. The molecule has 180 valence electrons. The molecule has 1 aliphatic heterocycles. The Bertz CT molecular complexity index is 1300. The quantitative estimate of drug-likeness (QED) is 0.257. The smallest absolute Gasteiger partial charge is 0.284 e. The molecule has 1 unspecified atom stereocenters. The van der Waals surface area contributed by atoms with Crippen LogP contribution in [0.4, 0.5) is 11.4 Å². The number of carbonyl (C=O) groups is 1. The summed E-state index contributed by atoms with van der Waals surface area (Å²) in [4.78, 5) is 12.6. The van der Waals surface area contributed by atoms with Gasteiger partial charge in [0.2, 0.25) is 6.10 Å². The Hall–Kier alpha value is -3.91. The first-order valence-electron chi connectivity index (χ1n) is 11.0. The molecule has 2 N–H and O–H groups in total. The van der Waals surface area contributed by atoms with E-state index >= 15 is 0 Å². The molecule has 0 saturated heterocycles. The predicted molar refractivity (Wildman–Crippen MR) is 135 cm³/mol. The molecule has 1 heterocycles. The van der Waals surface area contributed by atoms with Crippen molar-refractivity contribution in [2.24, 2.45) is 15.3 Å². The van der Waals surface area contributed by atoms with Crippen LogP contribution in [0.5, 0.6) is 17.2 Å². The van der Waals surface area contributed by atoms with Crippen molar-refractivity contribution < 1.29 is 19.4 Å². The number of carbonyl (C=O) groups excluding carboxylic acids is 1. The van der Waals surface area contributed by atoms with E-state index in [1.165, 1.54) is 12.3 Å². The summed E-state index contributed by atoms with van der Waals surface area (Å²) in [5, 5.41) is 22.8. The van der Waals surface area contributed by atoms with Gasteiger partial charge in [-0.05, 0) is 53.4 Å². The number of aromatic hydroxyl groups is 1. The minimum absolute atomic E-state index is 0.0272. The molecule has 0 bridgehead atoms. The lowest BCUT2D eigenvalue weighted by atomic mass is 9.87.